The van der Waals surface area contributed by atoms with Crippen molar-refractivity contribution in [1.29, 1.82) is 0 Å². The molecule has 2 aromatic rings. The van der Waals surface area contributed by atoms with Crippen molar-refractivity contribution in [2.24, 2.45) is 5.92 Å². The van der Waals surface area contributed by atoms with Gasteiger partial charge in [-0.2, -0.15) is 0 Å². The molecule has 112 valence electrons. The van der Waals surface area contributed by atoms with Gasteiger partial charge in [0, 0.05) is 25.3 Å². The zero-order valence-corrected chi connectivity index (χ0v) is 13.2. The smallest absolute Gasteiger partial charge is 0.250 e. The second kappa shape index (κ2) is 6.17. The summed E-state index contributed by atoms with van der Waals surface area (Å²) >= 11 is 1.25. The summed E-state index contributed by atoms with van der Waals surface area (Å²) in [6, 6.07) is 13.6. The van der Waals surface area contributed by atoms with Crippen LogP contribution in [0.5, 0.6) is 0 Å². The molecule has 0 unspecified atom stereocenters. The normalized spacial score (nSPS) is 19.0. The third kappa shape index (κ3) is 3.45. The van der Waals surface area contributed by atoms with Gasteiger partial charge in [-0.25, -0.2) is 13.1 Å². The molecule has 1 saturated heterocycles. The first-order valence-electron chi connectivity index (χ1n) is 6.98. The minimum Gasteiger partial charge on any atom is -0.371 e. The molecule has 0 saturated carbocycles. The molecule has 3 rings (SSSR count). The first-order valence-corrected chi connectivity index (χ1v) is 9.34. The van der Waals surface area contributed by atoms with Crippen LogP contribution in [0.15, 0.2) is 52.1 Å². The Bertz CT molecular complexity index is 669. The van der Waals surface area contributed by atoms with Gasteiger partial charge < -0.3 is 4.90 Å². The van der Waals surface area contributed by atoms with E-state index in [1.54, 1.807) is 17.5 Å². The van der Waals surface area contributed by atoms with Gasteiger partial charge in [0.05, 0.1) is 0 Å². The van der Waals surface area contributed by atoms with E-state index in [0.29, 0.717) is 16.7 Å². The minimum atomic E-state index is -3.34. The van der Waals surface area contributed by atoms with Crippen molar-refractivity contribution in [2.45, 2.75) is 10.6 Å². The first-order chi connectivity index (χ1) is 10.1. The van der Waals surface area contributed by atoms with Gasteiger partial charge in [0.1, 0.15) is 4.21 Å². The number of rotatable bonds is 5. The van der Waals surface area contributed by atoms with Crippen LogP contribution in [0.3, 0.4) is 0 Å². The Morgan fingerprint density at radius 1 is 1.19 bits per heavy atom. The van der Waals surface area contributed by atoms with Crippen molar-refractivity contribution >= 4 is 27.0 Å². The zero-order chi connectivity index (χ0) is 14.7. The summed E-state index contributed by atoms with van der Waals surface area (Å²) in [5, 5.41) is 1.78. The lowest BCUT2D eigenvalue weighted by atomic mass is 10.1. The lowest BCUT2D eigenvalue weighted by Crippen LogP contribution is -2.30. The monoisotopic (exact) mass is 322 g/mol. The van der Waals surface area contributed by atoms with Crippen LogP contribution in [-0.4, -0.2) is 28.1 Å². The van der Waals surface area contributed by atoms with Gasteiger partial charge in [-0.15, -0.1) is 11.3 Å². The molecular formula is C15H18N2O2S2. The van der Waals surface area contributed by atoms with Crippen LogP contribution in [0.25, 0.3) is 0 Å². The fourth-order valence-electron chi connectivity index (χ4n) is 2.59. The number of nitrogens with zero attached hydrogens (tertiary/aromatic N) is 1. The molecule has 1 aromatic carbocycles. The number of hydrogen-bond acceptors (Lipinski definition) is 4. The average molecular weight is 322 g/mol. The Balaban J connectivity index is 1.56. The van der Waals surface area contributed by atoms with Gasteiger partial charge in [-0.1, -0.05) is 24.3 Å². The summed E-state index contributed by atoms with van der Waals surface area (Å²) in [5.41, 5.74) is 1.21. The summed E-state index contributed by atoms with van der Waals surface area (Å²) in [5.74, 6) is 0.361. The van der Waals surface area contributed by atoms with Crippen molar-refractivity contribution in [2.75, 3.05) is 24.5 Å². The zero-order valence-electron chi connectivity index (χ0n) is 11.6. The molecule has 0 amide bonds. The number of nitrogens with one attached hydrogen (secondary N) is 1. The Morgan fingerprint density at radius 2 is 2.00 bits per heavy atom. The number of sulfonamides is 1. The standard InChI is InChI=1S/C15H18N2O2S2/c18-21(19,15-7-4-10-20-15)16-11-13-8-9-17(12-13)14-5-2-1-3-6-14/h1-7,10,13,16H,8-9,11-12H2/t13-/m0/s1. The number of benzene rings is 1. The molecule has 6 heteroatoms. The van der Waals surface area contributed by atoms with Crippen LogP contribution in [0.1, 0.15) is 6.42 Å². The molecule has 1 fully saturated rings. The van der Waals surface area contributed by atoms with Crippen molar-refractivity contribution in [1.82, 2.24) is 4.72 Å². The summed E-state index contributed by atoms with van der Waals surface area (Å²) < 4.78 is 27.3. The number of hydrogen-bond donors (Lipinski definition) is 1. The van der Waals surface area contributed by atoms with Gasteiger partial charge in [0.15, 0.2) is 0 Å². The summed E-state index contributed by atoms with van der Waals surface area (Å²) in [6.07, 6.45) is 1.02. The molecule has 0 aliphatic carbocycles. The maximum Gasteiger partial charge on any atom is 0.250 e. The first kappa shape index (κ1) is 14.6. The van der Waals surface area contributed by atoms with Crippen molar-refractivity contribution < 1.29 is 8.42 Å². The van der Waals surface area contributed by atoms with Gasteiger partial charge >= 0.3 is 0 Å². The van der Waals surface area contributed by atoms with Gasteiger partial charge in [-0.3, -0.25) is 0 Å². The molecule has 2 heterocycles. The number of anilines is 1. The highest BCUT2D eigenvalue weighted by Crippen LogP contribution is 2.23. The van der Waals surface area contributed by atoms with Crippen molar-refractivity contribution in [3.8, 4) is 0 Å². The Kier molecular flexibility index (Phi) is 4.28. The van der Waals surface area contributed by atoms with E-state index in [4.69, 9.17) is 0 Å². The molecule has 4 nitrogen and oxygen atoms in total. The molecule has 0 radical (unpaired) electrons. The molecule has 1 aromatic heterocycles. The maximum absolute atomic E-state index is 12.1. The van der Waals surface area contributed by atoms with E-state index < -0.39 is 10.0 Å². The van der Waals surface area contributed by atoms with Crippen LogP contribution < -0.4 is 9.62 Å². The molecule has 0 bridgehead atoms. The molecule has 1 aliphatic heterocycles. The minimum absolute atomic E-state index is 0.361. The molecule has 21 heavy (non-hydrogen) atoms. The summed E-state index contributed by atoms with van der Waals surface area (Å²) in [7, 11) is -3.34. The SMILES string of the molecule is O=S(=O)(NC[C@@H]1CCN(c2ccccc2)C1)c1cccs1. The second-order valence-electron chi connectivity index (χ2n) is 5.22. The highest BCUT2D eigenvalue weighted by atomic mass is 32.2. The topological polar surface area (TPSA) is 49.4 Å². The molecule has 1 aliphatic rings. The Hall–Kier alpha value is -1.37. The summed E-state index contributed by atoms with van der Waals surface area (Å²) in [4.78, 5) is 2.31. The van der Waals surface area contributed by atoms with Crippen LogP contribution in [-0.2, 0) is 10.0 Å². The molecule has 0 spiro atoms. The lowest BCUT2D eigenvalue weighted by molar-refractivity contribution is 0.543. The van der Waals surface area contributed by atoms with Crippen LogP contribution in [0.2, 0.25) is 0 Å². The Labute approximate surface area is 129 Å². The number of thiophene rings is 1. The van der Waals surface area contributed by atoms with Crippen LogP contribution in [0, 0.1) is 5.92 Å². The van der Waals surface area contributed by atoms with Gasteiger partial charge in [-0.05, 0) is 35.9 Å². The van der Waals surface area contributed by atoms with E-state index in [-0.39, 0.29) is 0 Å². The van der Waals surface area contributed by atoms with E-state index in [1.165, 1.54) is 17.0 Å². The average Bonchev–Trinajstić information content (AvgIpc) is 3.18. The van der Waals surface area contributed by atoms with E-state index >= 15 is 0 Å². The van der Waals surface area contributed by atoms with Crippen molar-refractivity contribution in [3.63, 3.8) is 0 Å². The third-order valence-electron chi connectivity index (χ3n) is 3.73. The predicted molar refractivity (Wildman–Crippen MR) is 86.3 cm³/mol. The fourth-order valence-corrected chi connectivity index (χ4v) is 4.74. The van der Waals surface area contributed by atoms with Gasteiger partial charge in [0.25, 0.3) is 0 Å². The van der Waals surface area contributed by atoms with Gasteiger partial charge in [0.2, 0.25) is 10.0 Å². The lowest BCUT2D eigenvalue weighted by Gasteiger charge is -2.18. The van der Waals surface area contributed by atoms with E-state index in [1.807, 2.05) is 18.2 Å². The molecular weight excluding hydrogens is 304 g/mol. The van der Waals surface area contributed by atoms with Crippen molar-refractivity contribution in [3.05, 3.63) is 47.8 Å². The predicted octanol–water partition coefficient (Wildman–Crippen LogP) is 2.55. The largest absolute Gasteiger partial charge is 0.371 e. The van der Waals surface area contributed by atoms with E-state index in [0.717, 1.165) is 19.5 Å². The van der Waals surface area contributed by atoms with E-state index in [9.17, 15) is 8.42 Å². The Morgan fingerprint density at radius 3 is 2.71 bits per heavy atom. The quantitative estimate of drug-likeness (QED) is 0.920. The second-order valence-corrected chi connectivity index (χ2v) is 8.16. The fraction of sp³-hybridized carbons (Fsp3) is 0.333. The molecule has 1 atom stereocenters. The van der Waals surface area contributed by atoms with Crippen LogP contribution >= 0.6 is 11.3 Å². The summed E-state index contributed by atoms with van der Waals surface area (Å²) in [6.45, 7) is 2.38. The highest BCUT2D eigenvalue weighted by molar-refractivity contribution is 7.91. The number of para-hydroxylation sites is 1. The third-order valence-corrected chi connectivity index (χ3v) is 6.55. The maximum atomic E-state index is 12.1. The van der Waals surface area contributed by atoms with Crippen LogP contribution in [0.4, 0.5) is 5.69 Å². The highest BCUT2D eigenvalue weighted by Gasteiger charge is 2.24. The van der Waals surface area contributed by atoms with E-state index in [2.05, 4.69) is 21.8 Å². The molecule has 1 N–H and O–H groups in total.